The highest BCUT2D eigenvalue weighted by Gasteiger charge is 2.15. The number of aryl methyl sites for hydroxylation is 1. The van der Waals surface area contributed by atoms with E-state index in [-0.39, 0.29) is 23.0 Å². The van der Waals surface area contributed by atoms with Crippen LogP contribution in [0.25, 0.3) is 0 Å². The van der Waals surface area contributed by atoms with E-state index in [0.717, 1.165) is 11.1 Å². The Morgan fingerprint density at radius 3 is 2.54 bits per heavy atom. The van der Waals surface area contributed by atoms with Crippen LogP contribution in [0.3, 0.4) is 0 Å². The van der Waals surface area contributed by atoms with E-state index >= 15 is 0 Å². The van der Waals surface area contributed by atoms with Crippen molar-refractivity contribution in [3.05, 3.63) is 63.1 Å². The summed E-state index contributed by atoms with van der Waals surface area (Å²) in [6.07, 6.45) is 0. The van der Waals surface area contributed by atoms with Crippen LogP contribution in [0, 0.1) is 6.92 Å². The van der Waals surface area contributed by atoms with Gasteiger partial charge in [0.15, 0.2) is 0 Å². The number of benzene rings is 2. The largest absolute Gasteiger partial charge is 0.496 e. The maximum Gasteiger partial charge on any atom is 0.253 e. The van der Waals surface area contributed by atoms with Gasteiger partial charge in [0.2, 0.25) is 5.91 Å². The fraction of sp³-hybridized carbons (Fsp3) is 0.263. The van der Waals surface area contributed by atoms with Gasteiger partial charge in [0.1, 0.15) is 5.75 Å². The molecule has 0 aliphatic rings. The Morgan fingerprint density at radius 2 is 1.88 bits per heavy atom. The van der Waals surface area contributed by atoms with E-state index in [9.17, 15) is 9.59 Å². The topological polar surface area (TPSA) is 58.6 Å². The van der Waals surface area contributed by atoms with E-state index in [4.69, 9.17) is 27.9 Å². The highest BCUT2D eigenvalue weighted by atomic mass is 35.5. The summed E-state index contributed by atoms with van der Waals surface area (Å²) in [4.78, 5) is 26.0. The lowest BCUT2D eigenvalue weighted by Crippen LogP contribution is -2.38. The lowest BCUT2D eigenvalue weighted by molar-refractivity contribution is -0.129. The minimum absolute atomic E-state index is 0.136. The van der Waals surface area contributed by atoms with Gasteiger partial charge in [-0.2, -0.15) is 0 Å². The zero-order valence-corrected chi connectivity index (χ0v) is 16.3. The maximum atomic E-state index is 12.3. The number of methoxy groups -OCH3 is 1. The second-order valence-corrected chi connectivity index (χ2v) is 6.72. The molecule has 5 nitrogen and oxygen atoms in total. The normalized spacial score (nSPS) is 10.3. The first kappa shape index (κ1) is 20.1. The smallest absolute Gasteiger partial charge is 0.253 e. The van der Waals surface area contributed by atoms with Gasteiger partial charge < -0.3 is 15.0 Å². The summed E-state index contributed by atoms with van der Waals surface area (Å²) in [6, 6.07) is 10.4. The molecule has 0 saturated heterocycles. The first-order chi connectivity index (χ1) is 12.3. The summed E-state index contributed by atoms with van der Waals surface area (Å²) >= 11 is 11.8. The fourth-order valence-electron chi connectivity index (χ4n) is 2.43. The highest BCUT2D eigenvalue weighted by Crippen LogP contribution is 2.22. The molecule has 0 spiro atoms. The lowest BCUT2D eigenvalue weighted by atomic mass is 10.1. The van der Waals surface area contributed by atoms with Crippen LogP contribution >= 0.6 is 23.2 Å². The molecule has 0 bridgehead atoms. The molecule has 0 saturated carbocycles. The van der Waals surface area contributed by atoms with Crippen molar-refractivity contribution < 1.29 is 14.3 Å². The van der Waals surface area contributed by atoms with Gasteiger partial charge in [-0.1, -0.05) is 40.9 Å². The van der Waals surface area contributed by atoms with Crippen molar-refractivity contribution >= 4 is 35.0 Å². The number of halogens is 2. The monoisotopic (exact) mass is 394 g/mol. The van der Waals surface area contributed by atoms with Crippen LogP contribution in [-0.4, -0.2) is 37.4 Å². The molecule has 2 aromatic rings. The molecule has 7 heteroatoms. The SMILES string of the molecule is COc1ccc(C)cc1CN(C)C(=O)CNC(=O)c1ccc(Cl)cc1Cl. The second kappa shape index (κ2) is 8.92. The van der Waals surface area contributed by atoms with E-state index in [2.05, 4.69) is 5.32 Å². The Morgan fingerprint density at radius 1 is 1.15 bits per heavy atom. The number of likely N-dealkylation sites (N-methyl/N-ethyl adjacent to an activating group) is 1. The van der Waals surface area contributed by atoms with E-state index in [1.54, 1.807) is 20.2 Å². The third kappa shape index (κ3) is 5.13. The van der Waals surface area contributed by atoms with Gasteiger partial charge in [-0.3, -0.25) is 9.59 Å². The van der Waals surface area contributed by atoms with E-state index in [1.165, 1.54) is 17.0 Å². The van der Waals surface area contributed by atoms with Crippen molar-refractivity contribution in [3.8, 4) is 5.75 Å². The van der Waals surface area contributed by atoms with E-state index in [1.807, 2.05) is 25.1 Å². The van der Waals surface area contributed by atoms with Crippen molar-refractivity contribution in [2.75, 3.05) is 20.7 Å². The predicted molar refractivity (Wildman–Crippen MR) is 103 cm³/mol. The van der Waals surface area contributed by atoms with Gasteiger partial charge in [0, 0.05) is 24.2 Å². The van der Waals surface area contributed by atoms with Crippen molar-refractivity contribution in [3.63, 3.8) is 0 Å². The molecule has 26 heavy (non-hydrogen) atoms. The molecule has 0 aromatic heterocycles. The summed E-state index contributed by atoms with van der Waals surface area (Å²) in [6.45, 7) is 2.21. The minimum atomic E-state index is -0.429. The molecule has 0 radical (unpaired) electrons. The Bertz CT molecular complexity index is 824. The molecule has 0 unspecified atom stereocenters. The molecule has 2 aromatic carbocycles. The first-order valence-electron chi connectivity index (χ1n) is 7.92. The highest BCUT2D eigenvalue weighted by molar-refractivity contribution is 6.36. The number of amides is 2. The van der Waals surface area contributed by atoms with Crippen LogP contribution in [0.1, 0.15) is 21.5 Å². The third-order valence-electron chi connectivity index (χ3n) is 3.85. The summed E-state index contributed by atoms with van der Waals surface area (Å²) in [5.41, 5.74) is 2.25. The van der Waals surface area contributed by atoms with Crippen molar-refractivity contribution in [2.24, 2.45) is 0 Å². The van der Waals surface area contributed by atoms with Crippen LogP contribution in [-0.2, 0) is 11.3 Å². The number of hydrogen-bond donors (Lipinski definition) is 1. The van der Waals surface area contributed by atoms with Crippen LogP contribution in [0.4, 0.5) is 0 Å². The molecule has 138 valence electrons. The fourth-order valence-corrected chi connectivity index (χ4v) is 2.93. The van der Waals surface area contributed by atoms with Crippen LogP contribution in [0.5, 0.6) is 5.75 Å². The number of carbonyl (C=O) groups is 2. The molecule has 0 aliphatic heterocycles. The number of rotatable bonds is 6. The Kier molecular flexibility index (Phi) is 6.89. The van der Waals surface area contributed by atoms with E-state index < -0.39 is 5.91 Å². The number of nitrogens with one attached hydrogen (secondary N) is 1. The minimum Gasteiger partial charge on any atom is -0.496 e. The summed E-state index contributed by atoms with van der Waals surface area (Å²) in [7, 11) is 3.26. The molecule has 2 rings (SSSR count). The Balaban J connectivity index is 1.97. The van der Waals surface area contributed by atoms with Crippen LogP contribution in [0.15, 0.2) is 36.4 Å². The summed E-state index contributed by atoms with van der Waals surface area (Å²) in [5, 5.41) is 3.25. The van der Waals surface area contributed by atoms with Gasteiger partial charge in [-0.05, 0) is 31.2 Å². The van der Waals surface area contributed by atoms with Crippen molar-refractivity contribution in [1.29, 1.82) is 0 Å². The third-order valence-corrected chi connectivity index (χ3v) is 4.39. The summed E-state index contributed by atoms with van der Waals surface area (Å²) < 4.78 is 5.33. The second-order valence-electron chi connectivity index (χ2n) is 5.87. The zero-order valence-electron chi connectivity index (χ0n) is 14.8. The molecule has 0 atom stereocenters. The van der Waals surface area contributed by atoms with Gasteiger partial charge >= 0.3 is 0 Å². The van der Waals surface area contributed by atoms with Gasteiger partial charge in [-0.15, -0.1) is 0 Å². The predicted octanol–water partition coefficient (Wildman–Crippen LogP) is 3.70. The molecule has 2 amide bonds. The molecule has 0 heterocycles. The van der Waals surface area contributed by atoms with Gasteiger partial charge in [0.05, 0.1) is 24.2 Å². The number of nitrogens with zero attached hydrogens (tertiary/aromatic N) is 1. The molecular weight excluding hydrogens is 375 g/mol. The van der Waals surface area contributed by atoms with Crippen LogP contribution < -0.4 is 10.1 Å². The van der Waals surface area contributed by atoms with Gasteiger partial charge in [-0.25, -0.2) is 0 Å². The lowest BCUT2D eigenvalue weighted by Gasteiger charge is -2.19. The molecule has 1 N–H and O–H groups in total. The molecule has 0 fully saturated rings. The standard InChI is InChI=1S/C19H20Cl2N2O3/c1-12-4-7-17(26-3)13(8-12)11-23(2)18(24)10-22-19(25)15-6-5-14(20)9-16(15)21/h4-9H,10-11H2,1-3H3,(H,22,25). The number of ether oxygens (including phenoxy) is 1. The summed E-state index contributed by atoms with van der Waals surface area (Å²) in [5.74, 6) is 0.0563. The molecule has 0 aliphatic carbocycles. The van der Waals surface area contributed by atoms with Crippen molar-refractivity contribution in [2.45, 2.75) is 13.5 Å². The maximum absolute atomic E-state index is 12.3. The van der Waals surface area contributed by atoms with Crippen LogP contribution in [0.2, 0.25) is 10.0 Å². The quantitative estimate of drug-likeness (QED) is 0.812. The average molecular weight is 395 g/mol. The zero-order chi connectivity index (χ0) is 19.3. The first-order valence-corrected chi connectivity index (χ1v) is 8.68. The van der Waals surface area contributed by atoms with E-state index in [0.29, 0.717) is 17.3 Å². The average Bonchev–Trinajstić information content (AvgIpc) is 2.59. The number of carbonyl (C=O) groups excluding carboxylic acids is 2. The van der Waals surface area contributed by atoms with Crippen molar-refractivity contribution in [1.82, 2.24) is 10.2 Å². The Hall–Kier alpha value is -2.24. The number of hydrogen-bond acceptors (Lipinski definition) is 3. The van der Waals surface area contributed by atoms with Gasteiger partial charge in [0.25, 0.3) is 5.91 Å². The Labute approximate surface area is 162 Å². The molecular formula is C19H20Cl2N2O3.